The third-order valence-corrected chi connectivity index (χ3v) is 4.69. The molecule has 0 saturated heterocycles. The average molecular weight is 331 g/mol. The van der Waals surface area contributed by atoms with Crippen molar-refractivity contribution >= 4 is 0 Å². The van der Waals surface area contributed by atoms with Gasteiger partial charge in [-0.2, -0.15) is 0 Å². The molecule has 0 aliphatic heterocycles. The normalized spacial score (nSPS) is 12.2. The highest BCUT2D eigenvalue weighted by Crippen LogP contribution is 2.28. The zero-order chi connectivity index (χ0) is 17.5. The van der Waals surface area contributed by atoms with Crippen molar-refractivity contribution in [3.05, 3.63) is 102 Å². The van der Waals surface area contributed by atoms with Crippen molar-refractivity contribution in [3.8, 4) is 5.75 Å². The Morgan fingerprint density at radius 1 is 0.760 bits per heavy atom. The van der Waals surface area contributed by atoms with Crippen LogP contribution in [0, 0.1) is 0 Å². The number of nitrogens with one attached hydrogen (secondary N) is 1. The number of hydrogen-bond donors (Lipinski definition) is 2. The van der Waals surface area contributed by atoms with Crippen LogP contribution in [0.2, 0.25) is 0 Å². The molecule has 0 fully saturated rings. The molecule has 0 aliphatic rings. The maximum Gasteiger partial charge on any atom is 0.120 e. The van der Waals surface area contributed by atoms with E-state index >= 15 is 0 Å². The first kappa shape index (κ1) is 17.2. The molecule has 0 amide bonds. The summed E-state index contributed by atoms with van der Waals surface area (Å²) in [7, 11) is 0. The van der Waals surface area contributed by atoms with E-state index in [1.54, 1.807) is 6.07 Å². The van der Waals surface area contributed by atoms with Gasteiger partial charge in [-0.15, -0.1) is 0 Å². The molecule has 3 aromatic rings. The SMILES string of the molecule is C[C@H](NCCC(c1ccccc1)c1ccccc1)c1ccccc1O. The highest BCUT2D eigenvalue weighted by Gasteiger charge is 2.15. The van der Waals surface area contributed by atoms with E-state index in [2.05, 4.69) is 72.9 Å². The van der Waals surface area contributed by atoms with Gasteiger partial charge >= 0.3 is 0 Å². The van der Waals surface area contributed by atoms with Gasteiger partial charge in [0.1, 0.15) is 5.75 Å². The summed E-state index contributed by atoms with van der Waals surface area (Å²) < 4.78 is 0. The summed E-state index contributed by atoms with van der Waals surface area (Å²) in [6.07, 6.45) is 1.01. The third-order valence-electron chi connectivity index (χ3n) is 4.69. The minimum Gasteiger partial charge on any atom is -0.508 e. The Balaban J connectivity index is 1.68. The lowest BCUT2D eigenvalue weighted by atomic mass is 9.88. The first-order chi connectivity index (χ1) is 12.3. The number of para-hydroxylation sites is 1. The Morgan fingerprint density at radius 3 is 1.84 bits per heavy atom. The minimum atomic E-state index is 0.119. The fourth-order valence-corrected chi connectivity index (χ4v) is 3.30. The van der Waals surface area contributed by atoms with Gasteiger partial charge < -0.3 is 10.4 Å². The maximum absolute atomic E-state index is 10.0. The monoisotopic (exact) mass is 331 g/mol. The average Bonchev–Trinajstić information content (AvgIpc) is 2.67. The molecule has 3 rings (SSSR count). The number of rotatable bonds is 7. The van der Waals surface area contributed by atoms with Gasteiger partial charge in [0.15, 0.2) is 0 Å². The van der Waals surface area contributed by atoms with Gasteiger partial charge in [-0.25, -0.2) is 0 Å². The number of phenolic OH excluding ortho intramolecular Hbond substituents is 1. The minimum absolute atomic E-state index is 0.119. The summed E-state index contributed by atoms with van der Waals surface area (Å²) in [5.74, 6) is 0.719. The predicted molar refractivity (Wildman–Crippen MR) is 104 cm³/mol. The van der Waals surface area contributed by atoms with Gasteiger partial charge in [0.2, 0.25) is 0 Å². The van der Waals surface area contributed by atoms with Crippen LogP contribution >= 0.6 is 0 Å². The van der Waals surface area contributed by atoms with Gasteiger partial charge in [-0.05, 0) is 37.1 Å². The molecule has 3 aromatic carbocycles. The predicted octanol–water partition coefficient (Wildman–Crippen LogP) is 5.27. The van der Waals surface area contributed by atoms with Gasteiger partial charge in [0, 0.05) is 17.5 Å². The van der Waals surface area contributed by atoms with Crippen molar-refractivity contribution in [2.75, 3.05) is 6.54 Å². The van der Waals surface area contributed by atoms with E-state index in [0.29, 0.717) is 11.7 Å². The number of aromatic hydroxyl groups is 1. The molecule has 25 heavy (non-hydrogen) atoms. The highest BCUT2D eigenvalue weighted by atomic mass is 16.3. The van der Waals surface area contributed by atoms with E-state index < -0.39 is 0 Å². The van der Waals surface area contributed by atoms with E-state index in [4.69, 9.17) is 0 Å². The molecule has 0 spiro atoms. The van der Waals surface area contributed by atoms with Gasteiger partial charge in [0.25, 0.3) is 0 Å². The molecule has 0 heterocycles. The second-order valence-corrected chi connectivity index (χ2v) is 6.40. The summed E-state index contributed by atoms with van der Waals surface area (Å²) >= 11 is 0. The van der Waals surface area contributed by atoms with Crippen LogP contribution in [0.5, 0.6) is 5.75 Å². The second-order valence-electron chi connectivity index (χ2n) is 6.40. The molecule has 2 nitrogen and oxygen atoms in total. The molecule has 0 aromatic heterocycles. The Bertz CT molecular complexity index is 731. The number of hydrogen-bond acceptors (Lipinski definition) is 2. The summed E-state index contributed by atoms with van der Waals surface area (Å²) in [6.45, 7) is 2.97. The van der Waals surface area contributed by atoms with Crippen molar-refractivity contribution in [2.24, 2.45) is 0 Å². The molecule has 2 N–H and O–H groups in total. The van der Waals surface area contributed by atoms with E-state index in [9.17, 15) is 5.11 Å². The lowest BCUT2D eigenvalue weighted by Crippen LogP contribution is -2.22. The van der Waals surface area contributed by atoms with Crippen molar-refractivity contribution in [1.82, 2.24) is 5.32 Å². The fraction of sp³-hybridized carbons (Fsp3) is 0.217. The largest absolute Gasteiger partial charge is 0.508 e. The van der Waals surface area contributed by atoms with Crippen molar-refractivity contribution in [3.63, 3.8) is 0 Å². The molecule has 0 aliphatic carbocycles. The Morgan fingerprint density at radius 2 is 1.28 bits per heavy atom. The zero-order valence-electron chi connectivity index (χ0n) is 14.6. The van der Waals surface area contributed by atoms with Crippen molar-refractivity contribution < 1.29 is 5.11 Å². The summed E-state index contributed by atoms with van der Waals surface area (Å²) in [5, 5.41) is 13.6. The van der Waals surface area contributed by atoms with Gasteiger partial charge in [-0.1, -0.05) is 78.9 Å². The van der Waals surface area contributed by atoms with Gasteiger partial charge in [-0.3, -0.25) is 0 Å². The molecule has 0 radical (unpaired) electrons. The number of phenols is 1. The van der Waals surface area contributed by atoms with Crippen molar-refractivity contribution in [1.29, 1.82) is 0 Å². The maximum atomic E-state index is 10.0. The molecule has 0 saturated carbocycles. The van der Waals surface area contributed by atoms with E-state index in [1.807, 2.05) is 18.2 Å². The molecule has 2 heteroatoms. The lowest BCUT2D eigenvalue weighted by Gasteiger charge is -2.21. The molecule has 0 unspecified atom stereocenters. The third kappa shape index (κ3) is 4.49. The van der Waals surface area contributed by atoms with Crippen molar-refractivity contribution in [2.45, 2.75) is 25.3 Å². The Kier molecular flexibility index (Phi) is 5.86. The van der Waals surface area contributed by atoms with Crippen LogP contribution in [0.1, 0.15) is 42.0 Å². The van der Waals surface area contributed by atoms with Crippen LogP contribution in [-0.2, 0) is 0 Å². The van der Waals surface area contributed by atoms with Gasteiger partial charge in [0.05, 0.1) is 0 Å². The quantitative estimate of drug-likeness (QED) is 0.618. The first-order valence-electron chi connectivity index (χ1n) is 8.87. The molecular weight excluding hydrogens is 306 g/mol. The fourth-order valence-electron chi connectivity index (χ4n) is 3.30. The smallest absolute Gasteiger partial charge is 0.120 e. The van der Waals surface area contributed by atoms with E-state index in [0.717, 1.165) is 18.5 Å². The molecule has 0 bridgehead atoms. The summed E-state index contributed by atoms with van der Waals surface area (Å²) in [5.41, 5.74) is 3.62. The second kappa shape index (κ2) is 8.50. The lowest BCUT2D eigenvalue weighted by molar-refractivity contribution is 0.450. The standard InChI is InChI=1S/C23H25NO/c1-18(21-14-8-9-15-23(21)25)24-17-16-22(19-10-4-2-5-11-19)20-12-6-3-7-13-20/h2-15,18,22,24-25H,16-17H2,1H3/t18-/m0/s1. The topological polar surface area (TPSA) is 32.3 Å². The summed E-state index contributed by atoms with van der Waals surface area (Å²) in [4.78, 5) is 0. The summed E-state index contributed by atoms with van der Waals surface area (Å²) in [6, 6.07) is 29.0. The highest BCUT2D eigenvalue weighted by molar-refractivity contribution is 5.34. The van der Waals surface area contributed by atoms with Crippen LogP contribution < -0.4 is 5.32 Å². The van der Waals surface area contributed by atoms with E-state index in [-0.39, 0.29) is 6.04 Å². The number of benzene rings is 3. The van der Waals surface area contributed by atoms with Crippen LogP contribution in [0.3, 0.4) is 0 Å². The Hall–Kier alpha value is -2.58. The van der Waals surface area contributed by atoms with Crippen LogP contribution in [-0.4, -0.2) is 11.7 Å². The van der Waals surface area contributed by atoms with E-state index in [1.165, 1.54) is 11.1 Å². The van der Waals surface area contributed by atoms with Crippen LogP contribution in [0.25, 0.3) is 0 Å². The Labute approximate surface area is 150 Å². The first-order valence-corrected chi connectivity index (χ1v) is 8.87. The molecule has 128 valence electrons. The van der Waals surface area contributed by atoms with Crippen LogP contribution in [0.4, 0.5) is 0 Å². The zero-order valence-corrected chi connectivity index (χ0v) is 14.6. The van der Waals surface area contributed by atoms with Crippen LogP contribution in [0.15, 0.2) is 84.9 Å². The molecule has 1 atom stereocenters. The molecular formula is C23H25NO.